The van der Waals surface area contributed by atoms with Gasteiger partial charge in [0.05, 0.1) is 13.0 Å². The van der Waals surface area contributed by atoms with E-state index in [1.54, 1.807) is 6.20 Å². The fourth-order valence-electron chi connectivity index (χ4n) is 2.73. The number of aromatic nitrogens is 2. The van der Waals surface area contributed by atoms with Crippen molar-refractivity contribution in [3.8, 4) is 11.4 Å². The molecule has 1 atom stereocenters. The molecule has 1 heterocycles. The van der Waals surface area contributed by atoms with Crippen LogP contribution in [0, 0.1) is 5.92 Å². The van der Waals surface area contributed by atoms with Crippen molar-refractivity contribution in [2.24, 2.45) is 5.92 Å². The van der Waals surface area contributed by atoms with E-state index in [0.717, 1.165) is 24.2 Å². The molecule has 0 fully saturated rings. The van der Waals surface area contributed by atoms with Crippen LogP contribution >= 0.6 is 0 Å². The second-order valence-electron chi connectivity index (χ2n) is 6.16. The lowest BCUT2D eigenvalue weighted by molar-refractivity contribution is -0.145. The average molecular weight is 328 g/mol. The Morgan fingerprint density at radius 1 is 1.25 bits per heavy atom. The summed E-state index contributed by atoms with van der Waals surface area (Å²) in [6, 6.07) is 10.0. The molecule has 0 aliphatic heterocycles. The van der Waals surface area contributed by atoms with Gasteiger partial charge in [-0.2, -0.15) is 0 Å². The van der Waals surface area contributed by atoms with Crippen LogP contribution in [0.3, 0.4) is 0 Å². The van der Waals surface area contributed by atoms with Gasteiger partial charge in [-0.1, -0.05) is 63.4 Å². The lowest BCUT2D eigenvalue weighted by Crippen LogP contribution is -2.15. The van der Waals surface area contributed by atoms with Crippen LogP contribution in [0.1, 0.15) is 46.0 Å². The highest BCUT2D eigenvalue weighted by Gasteiger charge is 2.11. The molecular weight excluding hydrogens is 300 g/mol. The van der Waals surface area contributed by atoms with Crippen LogP contribution in [0.2, 0.25) is 0 Å². The molecule has 0 amide bonds. The molecule has 0 aliphatic rings. The van der Waals surface area contributed by atoms with Crippen molar-refractivity contribution in [1.82, 2.24) is 9.55 Å². The van der Waals surface area contributed by atoms with Crippen LogP contribution in [0.15, 0.2) is 42.7 Å². The van der Waals surface area contributed by atoms with Crippen LogP contribution < -0.4 is 0 Å². The number of benzene rings is 1. The van der Waals surface area contributed by atoms with Gasteiger partial charge < -0.3 is 9.30 Å². The van der Waals surface area contributed by atoms with E-state index in [9.17, 15) is 4.79 Å². The number of ether oxygens (including phenoxy) is 1. The first-order valence-corrected chi connectivity index (χ1v) is 8.96. The first kappa shape index (κ1) is 18.2. The normalized spacial score (nSPS) is 12.1. The monoisotopic (exact) mass is 328 g/mol. The van der Waals surface area contributed by atoms with Crippen molar-refractivity contribution < 1.29 is 9.53 Å². The van der Waals surface area contributed by atoms with Crippen LogP contribution in [0.5, 0.6) is 0 Å². The zero-order chi connectivity index (χ0) is 17.2. The highest BCUT2D eigenvalue weighted by molar-refractivity contribution is 5.69. The van der Waals surface area contributed by atoms with E-state index in [2.05, 4.69) is 18.8 Å². The molecule has 1 unspecified atom stereocenters. The Balaban J connectivity index is 1.81. The van der Waals surface area contributed by atoms with Gasteiger partial charge in [0.1, 0.15) is 5.82 Å². The average Bonchev–Trinajstić information content (AvgIpc) is 3.09. The maximum atomic E-state index is 12.0. The molecular formula is C20H28N2O2. The molecule has 24 heavy (non-hydrogen) atoms. The van der Waals surface area contributed by atoms with Gasteiger partial charge in [-0.05, 0) is 12.3 Å². The summed E-state index contributed by atoms with van der Waals surface area (Å²) >= 11 is 0. The Hall–Kier alpha value is -2.10. The van der Waals surface area contributed by atoms with Gasteiger partial charge in [0.15, 0.2) is 0 Å². The molecule has 4 nitrogen and oxygen atoms in total. The molecule has 130 valence electrons. The second-order valence-corrected chi connectivity index (χ2v) is 6.16. The predicted octanol–water partition coefficient (Wildman–Crippen LogP) is 4.70. The SMILES string of the molecule is CCCCC(CC)COC(=O)CCn1ccnc1-c1ccccc1. The minimum absolute atomic E-state index is 0.127. The van der Waals surface area contributed by atoms with Gasteiger partial charge in [0, 0.05) is 24.5 Å². The van der Waals surface area contributed by atoms with Gasteiger partial charge in [0.2, 0.25) is 0 Å². The largest absolute Gasteiger partial charge is 0.465 e. The molecule has 1 aromatic heterocycles. The predicted molar refractivity (Wildman–Crippen MR) is 96.5 cm³/mol. The fourth-order valence-corrected chi connectivity index (χ4v) is 2.73. The van der Waals surface area contributed by atoms with Gasteiger partial charge in [-0.25, -0.2) is 4.98 Å². The number of hydrogen-bond donors (Lipinski definition) is 0. The quantitative estimate of drug-likeness (QED) is 0.594. The first-order chi connectivity index (χ1) is 11.7. The molecule has 2 aromatic rings. The highest BCUT2D eigenvalue weighted by Crippen LogP contribution is 2.17. The summed E-state index contributed by atoms with van der Waals surface area (Å²) in [5.41, 5.74) is 1.06. The standard InChI is InChI=1S/C20H28N2O2/c1-3-5-9-17(4-2)16-24-19(23)12-14-22-15-13-21-20(22)18-10-7-6-8-11-18/h6-8,10-11,13,15,17H,3-5,9,12,14,16H2,1-2H3. The van der Waals surface area contributed by atoms with E-state index in [1.807, 2.05) is 41.1 Å². The van der Waals surface area contributed by atoms with Crippen LogP contribution in [0.25, 0.3) is 11.4 Å². The van der Waals surface area contributed by atoms with Crippen molar-refractivity contribution in [2.45, 2.75) is 52.5 Å². The summed E-state index contributed by atoms with van der Waals surface area (Å²) in [5.74, 6) is 1.25. The number of aryl methyl sites for hydroxylation is 1. The van der Waals surface area contributed by atoms with E-state index < -0.39 is 0 Å². The third kappa shape index (κ3) is 5.52. The fraction of sp³-hybridized carbons (Fsp3) is 0.500. The molecule has 0 radical (unpaired) electrons. The Labute approximate surface area is 144 Å². The number of hydrogen-bond acceptors (Lipinski definition) is 3. The maximum Gasteiger partial charge on any atom is 0.307 e. The van der Waals surface area contributed by atoms with Gasteiger partial charge in [-0.15, -0.1) is 0 Å². The lowest BCUT2D eigenvalue weighted by Gasteiger charge is -2.15. The maximum absolute atomic E-state index is 12.0. The Bertz CT molecular complexity index is 607. The number of nitrogens with zero attached hydrogens (tertiary/aromatic N) is 2. The van der Waals surface area contributed by atoms with E-state index in [-0.39, 0.29) is 5.97 Å². The summed E-state index contributed by atoms with van der Waals surface area (Å²) in [6.45, 7) is 5.49. The second kappa shape index (κ2) is 9.91. The lowest BCUT2D eigenvalue weighted by atomic mass is 10.0. The topological polar surface area (TPSA) is 44.1 Å². The summed E-state index contributed by atoms with van der Waals surface area (Å²) in [4.78, 5) is 16.4. The van der Waals surface area contributed by atoms with E-state index in [0.29, 0.717) is 25.5 Å². The van der Waals surface area contributed by atoms with E-state index in [4.69, 9.17) is 4.74 Å². The van der Waals surface area contributed by atoms with Crippen molar-refractivity contribution in [1.29, 1.82) is 0 Å². The van der Waals surface area contributed by atoms with Crippen molar-refractivity contribution in [3.05, 3.63) is 42.7 Å². The summed E-state index contributed by atoms with van der Waals surface area (Å²) in [5, 5.41) is 0. The van der Waals surface area contributed by atoms with Gasteiger partial charge >= 0.3 is 5.97 Å². The molecule has 4 heteroatoms. The Morgan fingerprint density at radius 3 is 2.75 bits per heavy atom. The third-order valence-electron chi connectivity index (χ3n) is 4.33. The number of imidazole rings is 1. The van der Waals surface area contributed by atoms with Crippen molar-refractivity contribution >= 4 is 5.97 Å². The summed E-state index contributed by atoms with van der Waals surface area (Å²) < 4.78 is 7.47. The Kier molecular flexibility index (Phi) is 7.53. The highest BCUT2D eigenvalue weighted by atomic mass is 16.5. The zero-order valence-electron chi connectivity index (χ0n) is 14.8. The third-order valence-corrected chi connectivity index (χ3v) is 4.33. The van der Waals surface area contributed by atoms with Gasteiger partial charge in [0.25, 0.3) is 0 Å². The number of carbonyl (C=O) groups excluding carboxylic acids is 1. The first-order valence-electron chi connectivity index (χ1n) is 8.96. The Morgan fingerprint density at radius 2 is 2.04 bits per heavy atom. The summed E-state index contributed by atoms with van der Waals surface area (Å²) in [6.07, 6.45) is 8.64. The van der Waals surface area contributed by atoms with Gasteiger partial charge in [-0.3, -0.25) is 4.79 Å². The van der Waals surface area contributed by atoms with Crippen LogP contribution in [-0.2, 0) is 16.1 Å². The van der Waals surface area contributed by atoms with Crippen molar-refractivity contribution in [2.75, 3.05) is 6.61 Å². The number of esters is 1. The smallest absolute Gasteiger partial charge is 0.307 e. The molecule has 0 aliphatic carbocycles. The minimum atomic E-state index is -0.127. The van der Waals surface area contributed by atoms with Crippen LogP contribution in [0.4, 0.5) is 0 Å². The molecule has 0 saturated heterocycles. The molecule has 0 bridgehead atoms. The molecule has 0 N–H and O–H groups in total. The minimum Gasteiger partial charge on any atom is -0.465 e. The molecule has 0 spiro atoms. The molecule has 0 saturated carbocycles. The molecule has 2 rings (SSSR count). The zero-order valence-corrected chi connectivity index (χ0v) is 14.8. The van der Waals surface area contributed by atoms with E-state index >= 15 is 0 Å². The van der Waals surface area contributed by atoms with Crippen LogP contribution in [-0.4, -0.2) is 22.1 Å². The number of rotatable bonds is 10. The number of unbranched alkanes of at least 4 members (excludes halogenated alkanes) is 1. The number of carbonyl (C=O) groups is 1. The van der Waals surface area contributed by atoms with E-state index in [1.165, 1.54) is 12.8 Å². The molecule has 1 aromatic carbocycles. The van der Waals surface area contributed by atoms with Crippen molar-refractivity contribution in [3.63, 3.8) is 0 Å². The summed E-state index contributed by atoms with van der Waals surface area (Å²) in [7, 11) is 0.